The van der Waals surface area contributed by atoms with Crippen molar-refractivity contribution >= 4 is 5.91 Å². The highest BCUT2D eigenvalue weighted by molar-refractivity contribution is 5.73. The van der Waals surface area contributed by atoms with Gasteiger partial charge in [0.15, 0.2) is 0 Å². The molecule has 144 valence electrons. The number of azide groups is 1. The summed E-state index contributed by atoms with van der Waals surface area (Å²) in [7, 11) is 0. The van der Waals surface area contributed by atoms with Crippen LogP contribution in [-0.2, 0) is 14.3 Å². The van der Waals surface area contributed by atoms with Gasteiger partial charge >= 0.3 is 5.69 Å². The van der Waals surface area contributed by atoms with Gasteiger partial charge in [0.05, 0.1) is 19.3 Å². The number of amides is 1. The van der Waals surface area contributed by atoms with E-state index < -0.39 is 29.7 Å². The Kier molecular flexibility index (Phi) is 7.16. The summed E-state index contributed by atoms with van der Waals surface area (Å²) in [6.45, 7) is 0.785. The molecule has 12 heteroatoms. The largest absolute Gasteiger partial charge is 0.394 e. The Morgan fingerprint density at radius 3 is 3.07 bits per heavy atom. The standard InChI is InChI=1S/C15H18N6O6/c1-9(23)17-4-2-3-10-6-21(15(25)19-14(10)24)13-5-11(12(7-22)27-13)26-8-18-20-16/h6,11-13,22H,4-5,7-8H2,1H3,(H,17,23)(H,19,24,25)/t11?,12-,13-/m1/s1. The Hall–Kier alpha value is -3.10. The summed E-state index contributed by atoms with van der Waals surface area (Å²) in [6.07, 6.45) is -0.692. The summed E-state index contributed by atoms with van der Waals surface area (Å²) in [5.74, 6) is 4.92. The van der Waals surface area contributed by atoms with Gasteiger partial charge in [0.25, 0.3) is 5.56 Å². The first-order chi connectivity index (χ1) is 13.0. The van der Waals surface area contributed by atoms with E-state index in [1.165, 1.54) is 13.1 Å². The van der Waals surface area contributed by atoms with Gasteiger partial charge in [-0.3, -0.25) is 19.1 Å². The third-order valence-corrected chi connectivity index (χ3v) is 3.70. The number of aliphatic hydroxyl groups excluding tert-OH is 1. The van der Waals surface area contributed by atoms with Gasteiger partial charge in [-0.15, -0.1) is 0 Å². The average Bonchev–Trinajstić information content (AvgIpc) is 3.03. The van der Waals surface area contributed by atoms with Crippen LogP contribution in [0.4, 0.5) is 0 Å². The van der Waals surface area contributed by atoms with Crippen molar-refractivity contribution in [2.45, 2.75) is 31.8 Å². The highest BCUT2D eigenvalue weighted by Gasteiger charge is 2.37. The fourth-order valence-corrected chi connectivity index (χ4v) is 2.46. The lowest BCUT2D eigenvalue weighted by Gasteiger charge is -2.15. The summed E-state index contributed by atoms with van der Waals surface area (Å²) in [4.78, 5) is 39.5. The molecular weight excluding hydrogens is 360 g/mol. The number of ether oxygens (including phenoxy) is 2. The van der Waals surface area contributed by atoms with Crippen molar-refractivity contribution < 1.29 is 19.4 Å². The van der Waals surface area contributed by atoms with Gasteiger partial charge in [0, 0.05) is 24.5 Å². The number of H-pyrrole nitrogens is 1. The smallest absolute Gasteiger partial charge is 0.330 e. The van der Waals surface area contributed by atoms with Crippen LogP contribution in [0.5, 0.6) is 0 Å². The molecule has 0 aliphatic carbocycles. The van der Waals surface area contributed by atoms with Gasteiger partial charge in [-0.2, -0.15) is 0 Å². The molecule has 1 aromatic rings. The molecule has 12 nitrogen and oxygen atoms in total. The molecule has 0 saturated carbocycles. The second-order valence-corrected chi connectivity index (χ2v) is 5.53. The molecule has 2 rings (SSSR count). The summed E-state index contributed by atoms with van der Waals surface area (Å²) in [5.41, 5.74) is 6.93. The van der Waals surface area contributed by atoms with E-state index in [2.05, 4.69) is 32.2 Å². The zero-order valence-corrected chi connectivity index (χ0v) is 14.4. The number of nitrogens with one attached hydrogen (secondary N) is 2. The summed E-state index contributed by atoms with van der Waals surface area (Å²) < 4.78 is 12.1. The van der Waals surface area contributed by atoms with Crippen LogP contribution in [-0.4, -0.2) is 52.7 Å². The molecule has 0 aromatic carbocycles. The lowest BCUT2D eigenvalue weighted by atomic mass is 10.2. The molecule has 1 aliphatic heterocycles. The van der Waals surface area contributed by atoms with Crippen molar-refractivity contribution in [3.8, 4) is 11.8 Å². The van der Waals surface area contributed by atoms with E-state index in [4.69, 9.17) is 15.0 Å². The minimum absolute atomic E-state index is 0.0162. The maximum atomic E-state index is 12.1. The summed E-state index contributed by atoms with van der Waals surface area (Å²) in [5, 5.41) is 15.1. The Bertz CT molecular complexity index is 906. The van der Waals surface area contributed by atoms with E-state index in [1.807, 2.05) is 0 Å². The van der Waals surface area contributed by atoms with Crippen molar-refractivity contribution in [2.75, 3.05) is 19.9 Å². The maximum absolute atomic E-state index is 12.1. The molecule has 1 unspecified atom stereocenters. The number of aliphatic hydroxyl groups is 1. The molecule has 1 aromatic heterocycles. The minimum atomic E-state index is -0.807. The first-order valence-electron chi connectivity index (χ1n) is 7.93. The third-order valence-electron chi connectivity index (χ3n) is 3.70. The molecule has 1 amide bonds. The van der Waals surface area contributed by atoms with Crippen LogP contribution >= 0.6 is 0 Å². The van der Waals surface area contributed by atoms with E-state index in [0.717, 1.165) is 4.57 Å². The van der Waals surface area contributed by atoms with E-state index in [9.17, 15) is 19.5 Å². The van der Waals surface area contributed by atoms with E-state index in [-0.39, 0.29) is 37.8 Å². The van der Waals surface area contributed by atoms with Gasteiger partial charge in [-0.25, -0.2) is 4.79 Å². The van der Waals surface area contributed by atoms with Gasteiger partial charge in [-0.1, -0.05) is 17.0 Å². The average molecular weight is 378 g/mol. The van der Waals surface area contributed by atoms with Crippen LogP contribution in [0.25, 0.3) is 10.4 Å². The Balaban J connectivity index is 2.21. The molecular formula is C15H18N6O6. The number of hydrogen-bond donors (Lipinski definition) is 3. The number of hydrogen-bond acceptors (Lipinski definition) is 7. The van der Waals surface area contributed by atoms with Crippen molar-refractivity contribution in [1.82, 2.24) is 14.9 Å². The Morgan fingerprint density at radius 1 is 1.63 bits per heavy atom. The van der Waals surface area contributed by atoms with Crippen molar-refractivity contribution in [3.05, 3.63) is 43.0 Å². The monoisotopic (exact) mass is 378 g/mol. The van der Waals surface area contributed by atoms with Crippen LogP contribution in [0.15, 0.2) is 20.9 Å². The number of carbonyl (C=O) groups is 1. The van der Waals surface area contributed by atoms with Crippen LogP contribution in [0.3, 0.4) is 0 Å². The molecule has 27 heavy (non-hydrogen) atoms. The SMILES string of the molecule is CC(=O)NCC#Cc1cn([C@H]2CC(OCN=[N+]=[N-])[C@@H](CO)O2)c(=O)[nH]c1=O. The molecule has 3 atom stereocenters. The first-order valence-corrected chi connectivity index (χ1v) is 7.93. The fraction of sp³-hybridized carbons (Fsp3) is 0.533. The highest BCUT2D eigenvalue weighted by atomic mass is 16.6. The van der Waals surface area contributed by atoms with E-state index in [0.29, 0.717) is 0 Å². The predicted octanol–water partition coefficient (Wildman–Crippen LogP) is -1.04. The number of carbonyl (C=O) groups excluding carboxylic acids is 1. The fourth-order valence-electron chi connectivity index (χ4n) is 2.46. The quantitative estimate of drug-likeness (QED) is 0.247. The number of rotatable bonds is 6. The third kappa shape index (κ3) is 5.44. The van der Waals surface area contributed by atoms with Gasteiger partial charge in [0.2, 0.25) is 5.91 Å². The zero-order chi connectivity index (χ0) is 19.8. The van der Waals surface area contributed by atoms with Crippen molar-refractivity contribution in [3.63, 3.8) is 0 Å². The molecule has 1 fully saturated rings. The number of aromatic amines is 1. The van der Waals surface area contributed by atoms with Crippen molar-refractivity contribution in [1.29, 1.82) is 0 Å². The second-order valence-electron chi connectivity index (χ2n) is 5.53. The van der Waals surface area contributed by atoms with Crippen molar-refractivity contribution in [2.24, 2.45) is 5.11 Å². The summed E-state index contributed by atoms with van der Waals surface area (Å²) in [6, 6.07) is 0. The maximum Gasteiger partial charge on any atom is 0.330 e. The second kappa shape index (κ2) is 9.56. The molecule has 0 radical (unpaired) electrons. The minimum Gasteiger partial charge on any atom is -0.394 e. The lowest BCUT2D eigenvalue weighted by Crippen LogP contribution is -2.33. The van der Waals surface area contributed by atoms with E-state index >= 15 is 0 Å². The van der Waals surface area contributed by atoms with Crippen LogP contribution < -0.4 is 16.6 Å². The molecule has 0 spiro atoms. The Labute approximate surface area is 152 Å². The predicted molar refractivity (Wildman–Crippen MR) is 91.4 cm³/mol. The first kappa shape index (κ1) is 20.2. The number of nitrogens with zero attached hydrogens (tertiary/aromatic N) is 4. The normalized spacial score (nSPS) is 21.0. The molecule has 0 bridgehead atoms. The van der Waals surface area contributed by atoms with Gasteiger partial charge in [0.1, 0.15) is 24.6 Å². The Morgan fingerprint density at radius 2 is 2.41 bits per heavy atom. The summed E-state index contributed by atoms with van der Waals surface area (Å²) >= 11 is 0. The zero-order valence-electron chi connectivity index (χ0n) is 14.4. The molecule has 1 aliphatic rings. The van der Waals surface area contributed by atoms with Crippen LogP contribution in [0.2, 0.25) is 0 Å². The molecule has 2 heterocycles. The van der Waals surface area contributed by atoms with E-state index in [1.54, 1.807) is 0 Å². The molecule has 1 saturated heterocycles. The molecule has 3 N–H and O–H groups in total. The topological polar surface area (TPSA) is 171 Å². The lowest BCUT2D eigenvalue weighted by molar-refractivity contribution is -0.118. The van der Waals surface area contributed by atoms with Crippen LogP contribution in [0.1, 0.15) is 25.1 Å². The van der Waals surface area contributed by atoms with Gasteiger partial charge < -0.3 is 19.9 Å². The van der Waals surface area contributed by atoms with Gasteiger partial charge in [-0.05, 0) is 5.53 Å². The highest BCUT2D eigenvalue weighted by Crippen LogP contribution is 2.29. The van der Waals surface area contributed by atoms with Crippen LogP contribution in [0, 0.1) is 11.8 Å². The number of aromatic nitrogens is 2.